The molecular formula is C10H22N2O2. The molecule has 0 aliphatic heterocycles. The molecule has 0 radical (unpaired) electrons. The number of amides is 1. The van der Waals surface area contributed by atoms with E-state index in [0.717, 1.165) is 19.5 Å². The van der Waals surface area contributed by atoms with Crippen molar-refractivity contribution < 1.29 is 9.53 Å². The molecule has 84 valence electrons. The summed E-state index contributed by atoms with van der Waals surface area (Å²) in [4.78, 5) is 13.3. The van der Waals surface area contributed by atoms with Gasteiger partial charge in [0.15, 0.2) is 0 Å². The summed E-state index contributed by atoms with van der Waals surface area (Å²) in [5.41, 5.74) is 0. The van der Waals surface area contributed by atoms with Gasteiger partial charge in [0.1, 0.15) is 0 Å². The van der Waals surface area contributed by atoms with Crippen LogP contribution in [0.2, 0.25) is 0 Å². The smallest absolute Gasteiger partial charge is 0.222 e. The number of ether oxygens (including phenoxy) is 1. The fourth-order valence-electron chi connectivity index (χ4n) is 1.02. The Morgan fingerprint density at radius 1 is 1.43 bits per heavy atom. The van der Waals surface area contributed by atoms with E-state index in [-0.39, 0.29) is 5.91 Å². The van der Waals surface area contributed by atoms with Crippen LogP contribution in [0.15, 0.2) is 0 Å². The Labute approximate surface area is 86.6 Å². The molecule has 14 heavy (non-hydrogen) atoms. The molecule has 0 fully saturated rings. The van der Waals surface area contributed by atoms with E-state index in [2.05, 4.69) is 10.2 Å². The second kappa shape index (κ2) is 8.97. The number of nitrogens with one attached hydrogen (secondary N) is 1. The van der Waals surface area contributed by atoms with E-state index >= 15 is 0 Å². The summed E-state index contributed by atoms with van der Waals surface area (Å²) in [5.74, 6) is 0.0807. The third-order valence-electron chi connectivity index (χ3n) is 1.78. The molecule has 0 aliphatic carbocycles. The van der Waals surface area contributed by atoms with Crippen LogP contribution in [-0.4, -0.2) is 51.2 Å². The van der Waals surface area contributed by atoms with Crippen LogP contribution >= 0.6 is 0 Å². The summed E-state index contributed by atoms with van der Waals surface area (Å²) in [6.07, 6.45) is 1.46. The molecule has 0 unspecified atom stereocenters. The molecule has 1 N–H and O–H groups in total. The van der Waals surface area contributed by atoms with Crippen LogP contribution < -0.4 is 5.32 Å². The van der Waals surface area contributed by atoms with E-state index in [1.165, 1.54) is 0 Å². The number of hydrogen-bond donors (Lipinski definition) is 1. The molecule has 0 aromatic heterocycles. The molecule has 0 aliphatic rings. The van der Waals surface area contributed by atoms with E-state index in [9.17, 15) is 4.79 Å². The summed E-state index contributed by atoms with van der Waals surface area (Å²) in [6.45, 7) is 4.88. The van der Waals surface area contributed by atoms with E-state index in [0.29, 0.717) is 19.6 Å². The van der Waals surface area contributed by atoms with Crippen molar-refractivity contribution in [2.45, 2.75) is 19.8 Å². The lowest BCUT2D eigenvalue weighted by Gasteiger charge is -2.09. The van der Waals surface area contributed by atoms with Crippen molar-refractivity contribution in [3.63, 3.8) is 0 Å². The molecular weight excluding hydrogens is 180 g/mol. The van der Waals surface area contributed by atoms with Crippen LogP contribution in [-0.2, 0) is 9.53 Å². The van der Waals surface area contributed by atoms with Gasteiger partial charge in [-0.15, -0.1) is 0 Å². The molecule has 0 atom stereocenters. The van der Waals surface area contributed by atoms with Gasteiger partial charge in [-0.2, -0.15) is 0 Å². The molecule has 4 heteroatoms. The summed E-state index contributed by atoms with van der Waals surface area (Å²) in [7, 11) is 4.05. The molecule has 0 rings (SSSR count). The lowest BCUT2D eigenvalue weighted by molar-refractivity contribution is -0.122. The Morgan fingerprint density at radius 2 is 2.14 bits per heavy atom. The molecule has 0 saturated carbocycles. The van der Waals surface area contributed by atoms with Gasteiger partial charge < -0.3 is 15.0 Å². The lowest BCUT2D eigenvalue weighted by Crippen LogP contribution is -2.27. The SMILES string of the molecule is CCOCCC(=O)NCCCN(C)C. The number of carbonyl (C=O) groups is 1. The van der Waals surface area contributed by atoms with Gasteiger partial charge in [0.25, 0.3) is 0 Å². The average Bonchev–Trinajstić information content (AvgIpc) is 2.13. The van der Waals surface area contributed by atoms with Gasteiger partial charge in [0.05, 0.1) is 6.61 Å². The highest BCUT2D eigenvalue weighted by Crippen LogP contribution is 1.85. The second-order valence-corrected chi connectivity index (χ2v) is 3.45. The Bertz CT molecular complexity index is 149. The van der Waals surface area contributed by atoms with Crippen molar-refractivity contribution in [3.05, 3.63) is 0 Å². The van der Waals surface area contributed by atoms with Gasteiger partial charge in [0, 0.05) is 19.6 Å². The van der Waals surface area contributed by atoms with Crippen molar-refractivity contribution in [2.75, 3.05) is 40.4 Å². The van der Waals surface area contributed by atoms with E-state index in [1.54, 1.807) is 0 Å². The van der Waals surface area contributed by atoms with E-state index in [1.807, 2.05) is 21.0 Å². The van der Waals surface area contributed by atoms with Crippen LogP contribution in [0, 0.1) is 0 Å². The zero-order chi connectivity index (χ0) is 10.8. The van der Waals surface area contributed by atoms with Gasteiger partial charge in [-0.05, 0) is 34.0 Å². The van der Waals surface area contributed by atoms with Crippen LogP contribution in [0.3, 0.4) is 0 Å². The number of nitrogens with zero attached hydrogens (tertiary/aromatic N) is 1. The topological polar surface area (TPSA) is 41.6 Å². The lowest BCUT2D eigenvalue weighted by atomic mass is 10.3. The van der Waals surface area contributed by atoms with Gasteiger partial charge in [0.2, 0.25) is 5.91 Å². The van der Waals surface area contributed by atoms with Crippen LogP contribution in [0.25, 0.3) is 0 Å². The fraction of sp³-hybridized carbons (Fsp3) is 0.900. The largest absolute Gasteiger partial charge is 0.381 e. The summed E-state index contributed by atoms with van der Waals surface area (Å²) in [6, 6.07) is 0. The number of carbonyl (C=O) groups excluding carboxylic acids is 1. The first-order valence-corrected chi connectivity index (χ1v) is 5.16. The molecule has 0 spiro atoms. The molecule has 0 heterocycles. The van der Waals surface area contributed by atoms with Crippen molar-refractivity contribution >= 4 is 5.91 Å². The van der Waals surface area contributed by atoms with E-state index in [4.69, 9.17) is 4.74 Å². The van der Waals surface area contributed by atoms with Crippen molar-refractivity contribution in [3.8, 4) is 0 Å². The monoisotopic (exact) mass is 202 g/mol. The third-order valence-corrected chi connectivity index (χ3v) is 1.78. The molecule has 1 amide bonds. The first-order chi connectivity index (χ1) is 6.66. The maximum absolute atomic E-state index is 11.2. The minimum absolute atomic E-state index is 0.0807. The Balaban J connectivity index is 3.18. The maximum Gasteiger partial charge on any atom is 0.222 e. The predicted octanol–water partition coefficient (Wildman–Crippen LogP) is 0.481. The Morgan fingerprint density at radius 3 is 2.71 bits per heavy atom. The van der Waals surface area contributed by atoms with Gasteiger partial charge >= 0.3 is 0 Å². The molecule has 4 nitrogen and oxygen atoms in total. The molecule has 0 bridgehead atoms. The quantitative estimate of drug-likeness (QED) is 0.582. The van der Waals surface area contributed by atoms with Crippen molar-refractivity contribution in [1.82, 2.24) is 10.2 Å². The average molecular weight is 202 g/mol. The predicted molar refractivity (Wildman–Crippen MR) is 57.3 cm³/mol. The summed E-state index contributed by atoms with van der Waals surface area (Å²) >= 11 is 0. The minimum Gasteiger partial charge on any atom is -0.381 e. The minimum atomic E-state index is 0.0807. The highest BCUT2D eigenvalue weighted by molar-refractivity contribution is 5.75. The highest BCUT2D eigenvalue weighted by Gasteiger charge is 1.99. The highest BCUT2D eigenvalue weighted by atomic mass is 16.5. The third kappa shape index (κ3) is 9.48. The molecule has 0 aromatic carbocycles. The second-order valence-electron chi connectivity index (χ2n) is 3.45. The number of rotatable bonds is 8. The van der Waals surface area contributed by atoms with Gasteiger partial charge in [-0.1, -0.05) is 0 Å². The van der Waals surface area contributed by atoms with Crippen molar-refractivity contribution in [1.29, 1.82) is 0 Å². The first-order valence-electron chi connectivity index (χ1n) is 5.16. The Hall–Kier alpha value is -0.610. The van der Waals surface area contributed by atoms with Gasteiger partial charge in [-0.3, -0.25) is 4.79 Å². The normalized spacial score (nSPS) is 10.6. The standard InChI is InChI=1S/C10H22N2O2/c1-4-14-9-6-10(13)11-7-5-8-12(2)3/h4-9H2,1-3H3,(H,11,13). The summed E-state index contributed by atoms with van der Waals surface area (Å²) in [5, 5.41) is 2.85. The first kappa shape index (κ1) is 13.4. The molecule has 0 saturated heterocycles. The number of hydrogen-bond acceptors (Lipinski definition) is 3. The van der Waals surface area contributed by atoms with Crippen LogP contribution in [0.4, 0.5) is 0 Å². The van der Waals surface area contributed by atoms with Crippen molar-refractivity contribution in [2.24, 2.45) is 0 Å². The maximum atomic E-state index is 11.2. The summed E-state index contributed by atoms with van der Waals surface area (Å²) < 4.78 is 5.08. The zero-order valence-corrected chi connectivity index (χ0v) is 9.51. The van der Waals surface area contributed by atoms with Crippen LogP contribution in [0.5, 0.6) is 0 Å². The molecule has 0 aromatic rings. The Kier molecular flexibility index (Phi) is 8.57. The van der Waals surface area contributed by atoms with Gasteiger partial charge in [-0.25, -0.2) is 0 Å². The van der Waals surface area contributed by atoms with E-state index < -0.39 is 0 Å². The fourth-order valence-corrected chi connectivity index (χ4v) is 1.02. The van der Waals surface area contributed by atoms with Crippen LogP contribution in [0.1, 0.15) is 19.8 Å². The zero-order valence-electron chi connectivity index (χ0n) is 9.51.